The van der Waals surface area contributed by atoms with Gasteiger partial charge in [0.15, 0.2) is 0 Å². The SMILES string of the molecule is Cc1c(Cl)cccc1NC(C)c1cc(F)ccc1O. The number of aromatic hydroxyl groups is 1. The van der Waals surface area contributed by atoms with Crippen molar-refractivity contribution in [2.75, 3.05) is 5.32 Å². The van der Waals surface area contributed by atoms with Crippen LogP contribution in [0.5, 0.6) is 5.75 Å². The van der Waals surface area contributed by atoms with Gasteiger partial charge in [0.1, 0.15) is 11.6 Å². The van der Waals surface area contributed by atoms with E-state index in [1.165, 1.54) is 18.2 Å². The van der Waals surface area contributed by atoms with E-state index in [1.807, 2.05) is 32.0 Å². The molecule has 2 rings (SSSR count). The molecule has 0 saturated carbocycles. The first-order valence-electron chi connectivity index (χ1n) is 5.99. The molecule has 0 amide bonds. The monoisotopic (exact) mass is 279 g/mol. The fourth-order valence-corrected chi connectivity index (χ4v) is 2.12. The second-order valence-corrected chi connectivity index (χ2v) is 4.89. The Hall–Kier alpha value is -1.74. The number of rotatable bonds is 3. The molecule has 0 aliphatic heterocycles. The summed E-state index contributed by atoms with van der Waals surface area (Å²) in [6, 6.07) is 9.24. The van der Waals surface area contributed by atoms with Crippen molar-refractivity contribution in [3.05, 3.63) is 58.4 Å². The normalized spacial score (nSPS) is 12.2. The summed E-state index contributed by atoms with van der Waals surface area (Å²) in [5, 5.41) is 13.7. The number of hydrogen-bond donors (Lipinski definition) is 2. The molecule has 0 radical (unpaired) electrons. The van der Waals surface area contributed by atoms with Crippen LogP contribution in [0.1, 0.15) is 24.1 Å². The van der Waals surface area contributed by atoms with E-state index in [2.05, 4.69) is 5.32 Å². The molecular formula is C15H15ClFNO. The number of hydrogen-bond acceptors (Lipinski definition) is 2. The third-order valence-electron chi connectivity index (χ3n) is 3.10. The lowest BCUT2D eigenvalue weighted by molar-refractivity contribution is 0.462. The van der Waals surface area contributed by atoms with E-state index in [-0.39, 0.29) is 17.6 Å². The van der Waals surface area contributed by atoms with Crippen LogP contribution in [0.15, 0.2) is 36.4 Å². The van der Waals surface area contributed by atoms with Crippen molar-refractivity contribution in [1.29, 1.82) is 0 Å². The highest BCUT2D eigenvalue weighted by molar-refractivity contribution is 6.31. The Morgan fingerprint density at radius 1 is 1.26 bits per heavy atom. The van der Waals surface area contributed by atoms with E-state index in [9.17, 15) is 9.50 Å². The highest BCUT2D eigenvalue weighted by atomic mass is 35.5. The molecule has 0 fully saturated rings. The van der Waals surface area contributed by atoms with E-state index in [4.69, 9.17) is 11.6 Å². The van der Waals surface area contributed by atoms with E-state index in [0.29, 0.717) is 10.6 Å². The average Bonchev–Trinajstić information content (AvgIpc) is 2.38. The zero-order chi connectivity index (χ0) is 14.0. The van der Waals surface area contributed by atoms with Crippen LogP contribution in [0.4, 0.5) is 10.1 Å². The lowest BCUT2D eigenvalue weighted by Crippen LogP contribution is -2.08. The molecule has 0 aliphatic carbocycles. The molecule has 4 heteroatoms. The van der Waals surface area contributed by atoms with Gasteiger partial charge in [0.25, 0.3) is 0 Å². The first-order valence-corrected chi connectivity index (χ1v) is 6.37. The fraction of sp³-hybridized carbons (Fsp3) is 0.200. The van der Waals surface area contributed by atoms with Gasteiger partial charge in [-0.05, 0) is 49.7 Å². The number of benzene rings is 2. The maximum absolute atomic E-state index is 13.2. The number of phenolic OH excluding ortho intramolecular Hbond substituents is 1. The summed E-state index contributed by atoms with van der Waals surface area (Å²) in [5.74, 6) is -0.301. The Balaban J connectivity index is 2.28. The summed E-state index contributed by atoms with van der Waals surface area (Å²) < 4.78 is 13.2. The average molecular weight is 280 g/mol. The maximum atomic E-state index is 13.2. The third kappa shape index (κ3) is 2.99. The highest BCUT2D eigenvalue weighted by Crippen LogP contribution is 2.30. The number of phenols is 1. The molecule has 1 atom stereocenters. The fourth-order valence-electron chi connectivity index (χ4n) is 1.95. The highest BCUT2D eigenvalue weighted by Gasteiger charge is 2.13. The lowest BCUT2D eigenvalue weighted by Gasteiger charge is -2.19. The standard InChI is InChI=1S/C15H15ClFNO/c1-9-13(16)4-3-5-14(9)18-10(2)12-8-11(17)6-7-15(12)19/h3-8,10,18-19H,1-2H3. The summed E-state index contributed by atoms with van der Waals surface area (Å²) in [7, 11) is 0. The van der Waals surface area contributed by atoms with Crippen molar-refractivity contribution in [3.8, 4) is 5.75 Å². The Labute approximate surface area is 116 Å². The summed E-state index contributed by atoms with van der Waals surface area (Å²) in [5.41, 5.74) is 2.30. The molecule has 2 aromatic rings. The summed E-state index contributed by atoms with van der Waals surface area (Å²) in [4.78, 5) is 0. The van der Waals surface area contributed by atoms with Gasteiger partial charge in [0.05, 0.1) is 6.04 Å². The predicted octanol–water partition coefficient (Wildman–Crippen LogP) is 4.67. The van der Waals surface area contributed by atoms with E-state index in [0.717, 1.165) is 11.3 Å². The van der Waals surface area contributed by atoms with Gasteiger partial charge in [-0.15, -0.1) is 0 Å². The van der Waals surface area contributed by atoms with E-state index >= 15 is 0 Å². The smallest absolute Gasteiger partial charge is 0.123 e. The molecule has 2 N–H and O–H groups in total. The Bertz CT molecular complexity index is 601. The van der Waals surface area contributed by atoms with Crippen LogP contribution in [0, 0.1) is 12.7 Å². The van der Waals surface area contributed by atoms with Gasteiger partial charge in [0, 0.05) is 16.3 Å². The minimum absolute atomic E-state index is 0.0704. The largest absolute Gasteiger partial charge is 0.508 e. The second-order valence-electron chi connectivity index (χ2n) is 4.48. The first-order chi connectivity index (χ1) is 8.99. The number of anilines is 1. The molecule has 100 valence electrons. The zero-order valence-electron chi connectivity index (χ0n) is 10.7. The summed E-state index contributed by atoms with van der Waals surface area (Å²) in [6.07, 6.45) is 0. The van der Waals surface area contributed by atoms with Crippen molar-refractivity contribution >= 4 is 17.3 Å². The van der Waals surface area contributed by atoms with Gasteiger partial charge in [-0.2, -0.15) is 0 Å². The molecule has 2 aromatic carbocycles. The molecule has 0 saturated heterocycles. The second kappa shape index (κ2) is 5.49. The van der Waals surface area contributed by atoms with Crippen molar-refractivity contribution in [1.82, 2.24) is 0 Å². The van der Waals surface area contributed by atoms with E-state index < -0.39 is 0 Å². The van der Waals surface area contributed by atoms with Crippen LogP contribution in [0.3, 0.4) is 0 Å². The van der Waals surface area contributed by atoms with Crippen molar-refractivity contribution in [3.63, 3.8) is 0 Å². The maximum Gasteiger partial charge on any atom is 0.123 e. The minimum atomic E-state index is -0.371. The number of halogens is 2. The Morgan fingerprint density at radius 3 is 2.74 bits per heavy atom. The van der Waals surface area contributed by atoms with Gasteiger partial charge < -0.3 is 10.4 Å². The third-order valence-corrected chi connectivity index (χ3v) is 3.51. The van der Waals surface area contributed by atoms with Gasteiger partial charge in [-0.3, -0.25) is 0 Å². The molecule has 19 heavy (non-hydrogen) atoms. The predicted molar refractivity (Wildman–Crippen MR) is 76.3 cm³/mol. The quantitative estimate of drug-likeness (QED) is 0.856. The summed E-state index contributed by atoms with van der Waals surface area (Å²) >= 11 is 6.05. The molecule has 0 aliphatic rings. The topological polar surface area (TPSA) is 32.3 Å². The van der Waals surface area contributed by atoms with Crippen LogP contribution < -0.4 is 5.32 Å². The minimum Gasteiger partial charge on any atom is -0.508 e. The van der Waals surface area contributed by atoms with Gasteiger partial charge in [0.2, 0.25) is 0 Å². The molecule has 0 spiro atoms. The van der Waals surface area contributed by atoms with Crippen LogP contribution in [-0.4, -0.2) is 5.11 Å². The molecule has 1 unspecified atom stereocenters. The Kier molecular flexibility index (Phi) is 3.96. The number of nitrogens with one attached hydrogen (secondary N) is 1. The molecule has 0 heterocycles. The van der Waals surface area contributed by atoms with Crippen LogP contribution in [-0.2, 0) is 0 Å². The molecule has 0 aromatic heterocycles. The van der Waals surface area contributed by atoms with Gasteiger partial charge in [-0.1, -0.05) is 17.7 Å². The van der Waals surface area contributed by atoms with Gasteiger partial charge >= 0.3 is 0 Å². The Morgan fingerprint density at radius 2 is 2.00 bits per heavy atom. The molecule has 2 nitrogen and oxygen atoms in total. The summed E-state index contributed by atoms with van der Waals surface area (Å²) in [6.45, 7) is 3.76. The van der Waals surface area contributed by atoms with Crippen LogP contribution in [0.25, 0.3) is 0 Å². The van der Waals surface area contributed by atoms with Gasteiger partial charge in [-0.25, -0.2) is 4.39 Å². The lowest BCUT2D eigenvalue weighted by atomic mass is 10.1. The van der Waals surface area contributed by atoms with Crippen molar-refractivity contribution < 1.29 is 9.50 Å². The molecular weight excluding hydrogens is 265 g/mol. The van der Waals surface area contributed by atoms with Crippen LogP contribution in [0.2, 0.25) is 5.02 Å². The van der Waals surface area contributed by atoms with Crippen molar-refractivity contribution in [2.24, 2.45) is 0 Å². The first kappa shape index (κ1) is 13.7. The zero-order valence-corrected chi connectivity index (χ0v) is 11.5. The van der Waals surface area contributed by atoms with Crippen molar-refractivity contribution in [2.45, 2.75) is 19.9 Å². The molecule has 0 bridgehead atoms. The van der Waals surface area contributed by atoms with E-state index in [1.54, 1.807) is 0 Å². The van der Waals surface area contributed by atoms with Crippen LogP contribution >= 0.6 is 11.6 Å².